The Balaban J connectivity index is 0.00000267. The number of hydrogen-bond donors (Lipinski definition) is 0. The van der Waals surface area contributed by atoms with E-state index >= 15 is 0 Å². The molecule has 2 aromatic carbocycles. The molecule has 0 bridgehead atoms. The number of rotatable bonds is 12. The molecular weight excluding hydrogens is 720 g/mol. The van der Waals surface area contributed by atoms with Crippen LogP contribution >= 0.6 is 15.8 Å². The van der Waals surface area contributed by atoms with Crippen LogP contribution in [-0.2, 0) is 22.9 Å². The predicted molar refractivity (Wildman–Crippen MR) is 167 cm³/mol. The van der Waals surface area contributed by atoms with Gasteiger partial charge in [0.25, 0.3) is 0 Å². The van der Waals surface area contributed by atoms with E-state index in [-0.39, 0.29) is 40.7 Å². The van der Waals surface area contributed by atoms with Gasteiger partial charge in [-0.2, -0.15) is 0 Å². The summed E-state index contributed by atoms with van der Waals surface area (Å²) in [5.74, 6) is 3.10. The predicted octanol–water partition coefficient (Wildman–Crippen LogP) is 4.86. The monoisotopic (exact) mass is 768 g/mol. The molecule has 2 unspecified atom stereocenters. The zero-order valence-corrected chi connectivity index (χ0v) is 32.1. The zero-order valence-electron chi connectivity index (χ0n) is 25.2. The molecule has 4 rings (SSSR count). The van der Waals surface area contributed by atoms with E-state index in [4.69, 9.17) is 0 Å². The van der Waals surface area contributed by atoms with Crippen molar-refractivity contribution < 1.29 is 47.7 Å². The van der Waals surface area contributed by atoms with E-state index in [9.17, 15) is 0 Å². The van der Waals surface area contributed by atoms with E-state index in [1.54, 1.807) is 22.3 Å². The molecule has 2 atom stereocenters. The van der Waals surface area contributed by atoms with Gasteiger partial charge in [0.1, 0.15) is 0 Å². The van der Waals surface area contributed by atoms with Crippen LogP contribution in [0.2, 0.25) is 0 Å². The Kier molecular flexibility index (Phi) is 14.7. The Hall–Kier alpha value is 0.230. The van der Waals surface area contributed by atoms with Crippen LogP contribution in [0.5, 0.6) is 0 Å². The second-order valence-electron chi connectivity index (χ2n) is 12.8. The summed E-state index contributed by atoms with van der Waals surface area (Å²) in [5, 5.41) is 3.76. The van der Waals surface area contributed by atoms with Crippen molar-refractivity contribution >= 4 is 28.0 Å². The van der Waals surface area contributed by atoms with E-state index in [0.29, 0.717) is 0 Å². The van der Waals surface area contributed by atoms with Crippen molar-refractivity contribution in [1.82, 2.24) is 0 Å². The van der Waals surface area contributed by atoms with Gasteiger partial charge in [-0.3, -0.25) is 0 Å². The van der Waals surface area contributed by atoms with Gasteiger partial charge in [0.15, 0.2) is 0 Å². The van der Waals surface area contributed by atoms with Gasteiger partial charge in [0.2, 0.25) is 0 Å². The summed E-state index contributed by atoms with van der Waals surface area (Å²) in [6, 6.07) is 18.9. The zero-order chi connectivity index (χ0) is 26.7. The topological polar surface area (TPSA) is 0 Å². The Labute approximate surface area is 266 Å². The minimum absolute atomic E-state index is 0. The number of benzene rings is 2. The number of hydrogen-bond acceptors (Lipinski definition) is 0. The summed E-state index contributed by atoms with van der Waals surface area (Å²) < 4.78 is 1.52. The van der Waals surface area contributed by atoms with Crippen molar-refractivity contribution in [3.8, 4) is 0 Å². The molecule has 0 aliphatic heterocycles. The van der Waals surface area contributed by atoms with E-state index in [2.05, 4.69) is 116 Å². The van der Waals surface area contributed by atoms with Gasteiger partial charge in [-0.25, -0.2) is 0 Å². The molecule has 0 saturated carbocycles. The van der Waals surface area contributed by atoms with Gasteiger partial charge in [-0.05, 0) is 0 Å². The molecule has 2 aromatic rings. The average Bonchev–Trinajstić information content (AvgIpc) is 3.36. The maximum Gasteiger partial charge on any atom is -1.00 e. The summed E-state index contributed by atoms with van der Waals surface area (Å²) in [6.45, 7) is 19.5. The summed E-state index contributed by atoms with van der Waals surface area (Å²) in [6.07, 6.45) is 10.9. The molecule has 0 radical (unpaired) electrons. The van der Waals surface area contributed by atoms with E-state index in [1.165, 1.54) is 24.6 Å². The molecule has 0 saturated heterocycles. The Bertz CT molecular complexity index is 1010. The van der Waals surface area contributed by atoms with Crippen LogP contribution in [0, 0.1) is 23.7 Å². The van der Waals surface area contributed by atoms with Gasteiger partial charge < -0.3 is 24.8 Å². The summed E-state index contributed by atoms with van der Waals surface area (Å²) in [4.78, 5) is 0. The van der Waals surface area contributed by atoms with Crippen molar-refractivity contribution in [2.24, 2.45) is 23.7 Å². The van der Waals surface area contributed by atoms with E-state index in [0.717, 1.165) is 31.0 Å². The molecule has 0 N–H and O–H groups in total. The maximum absolute atomic E-state index is 2.68. The fourth-order valence-corrected chi connectivity index (χ4v) is 23.7. The van der Waals surface area contributed by atoms with E-state index in [1.807, 2.05) is 10.6 Å². The molecule has 0 aromatic heterocycles. The minimum Gasteiger partial charge on any atom is -1.00 e. The van der Waals surface area contributed by atoms with Crippen LogP contribution in [0.15, 0.2) is 59.2 Å². The summed E-state index contributed by atoms with van der Waals surface area (Å²) >= 11 is -1.16. The molecule has 5 heteroatoms. The largest absolute Gasteiger partial charge is 1.00 e. The first kappa shape index (κ1) is 35.4. The van der Waals surface area contributed by atoms with Gasteiger partial charge in [-0.1, -0.05) is 0 Å². The molecule has 2 aliphatic rings. The second-order valence-corrected chi connectivity index (χ2v) is 22.8. The second kappa shape index (κ2) is 16.2. The molecule has 2 aliphatic carbocycles. The van der Waals surface area contributed by atoms with Gasteiger partial charge >= 0.3 is 243 Å². The van der Waals surface area contributed by atoms with Gasteiger partial charge in [0.05, 0.1) is 0 Å². The third-order valence-electron chi connectivity index (χ3n) is 7.22. The van der Waals surface area contributed by atoms with Crippen LogP contribution in [0.4, 0.5) is 0 Å². The molecule has 0 fully saturated rings. The van der Waals surface area contributed by atoms with Crippen molar-refractivity contribution in [3.05, 3.63) is 81.4 Å². The molecule has 0 heterocycles. The van der Waals surface area contributed by atoms with Crippen molar-refractivity contribution in [3.63, 3.8) is 0 Å². The first-order chi connectivity index (χ1) is 17.6. The number of allylic oxidation sites excluding steroid dienone is 2. The van der Waals surface area contributed by atoms with Gasteiger partial charge in [-0.15, -0.1) is 0 Å². The third-order valence-corrected chi connectivity index (χ3v) is 22.7. The first-order valence-corrected chi connectivity index (χ1v) is 22.1. The number of fused-ring (bicyclic) bond motifs is 2. The third kappa shape index (κ3) is 9.11. The summed E-state index contributed by atoms with van der Waals surface area (Å²) in [7, 11) is -0.151. The molecule has 0 spiro atoms. The summed E-state index contributed by atoms with van der Waals surface area (Å²) in [5.41, 5.74) is 6.44. The van der Waals surface area contributed by atoms with Crippen molar-refractivity contribution in [2.75, 3.05) is 24.6 Å². The van der Waals surface area contributed by atoms with Crippen LogP contribution < -0.4 is 24.8 Å². The first-order valence-electron chi connectivity index (χ1n) is 14.5. The fourth-order valence-electron chi connectivity index (χ4n) is 6.01. The van der Waals surface area contributed by atoms with Crippen molar-refractivity contribution in [2.45, 2.75) is 62.7 Å². The standard InChI is InChI=1S/2C17H24P.2ClH.Hf/c2*1-13(2)11-18(12-14(3)4)17-9-15-7-5-6-8-16(15)10-17;;;/h2*5-10,13-14H,11-12H2,1-4H3;2*1H;/q;;;;+2/p-2. The molecule has 39 heavy (non-hydrogen) atoms. The molecular formula is C34H48Cl2HfP2. The quantitative estimate of drug-likeness (QED) is 0.214. The molecule has 0 amide bonds. The average molecular weight is 768 g/mol. The van der Waals surface area contributed by atoms with Crippen LogP contribution in [0.3, 0.4) is 0 Å². The number of halogens is 2. The maximum atomic E-state index is 2.68. The fraction of sp³-hybridized carbons (Fsp3) is 0.529. The Morgan fingerprint density at radius 3 is 1.15 bits per heavy atom. The molecule has 0 nitrogen and oxygen atoms in total. The SMILES string of the molecule is CC(C)CP(CC(C)C)C1=Cc2ccccc2[CH]1[Hf+2][CH]1C(P(CC(C)C)CC(C)C)=Cc2ccccc21.[Cl-].[Cl-]. The minimum atomic E-state index is -1.16. The molecule has 212 valence electrons. The normalized spacial score (nSPS) is 17.8. The van der Waals surface area contributed by atoms with Gasteiger partial charge in [0, 0.05) is 0 Å². The van der Waals surface area contributed by atoms with Crippen LogP contribution in [0.1, 0.15) is 85.0 Å². The van der Waals surface area contributed by atoms with E-state index < -0.39 is 22.9 Å². The smallest absolute Gasteiger partial charge is 1.00 e. The van der Waals surface area contributed by atoms with Crippen molar-refractivity contribution in [1.29, 1.82) is 0 Å². The Morgan fingerprint density at radius 1 is 0.538 bits per heavy atom. The van der Waals surface area contributed by atoms with Crippen LogP contribution in [0.25, 0.3) is 12.2 Å². The Morgan fingerprint density at radius 2 is 0.846 bits per heavy atom. The van der Waals surface area contributed by atoms with Crippen LogP contribution in [-0.4, -0.2) is 24.6 Å².